The van der Waals surface area contributed by atoms with Crippen LogP contribution in [-0.4, -0.2) is 39.3 Å². The fraction of sp³-hybridized carbons (Fsp3) is 0.417. The van der Waals surface area contributed by atoms with Crippen molar-refractivity contribution in [2.24, 2.45) is 0 Å². The Morgan fingerprint density at radius 2 is 2.15 bits per heavy atom. The van der Waals surface area contributed by atoms with Crippen molar-refractivity contribution in [1.29, 1.82) is 0 Å². The molecule has 1 atom stereocenters. The molecule has 0 saturated heterocycles. The van der Waals surface area contributed by atoms with Crippen molar-refractivity contribution in [1.82, 2.24) is 4.72 Å². The van der Waals surface area contributed by atoms with Crippen molar-refractivity contribution in [3.63, 3.8) is 0 Å². The number of nitrogens with one attached hydrogen (secondary N) is 1. The second-order valence-corrected chi connectivity index (χ2v) is 6.82. The van der Waals surface area contributed by atoms with E-state index in [1.807, 2.05) is 0 Å². The van der Waals surface area contributed by atoms with Crippen LogP contribution in [-0.2, 0) is 14.8 Å². The van der Waals surface area contributed by atoms with Crippen LogP contribution < -0.4 is 4.72 Å². The van der Waals surface area contributed by atoms with Gasteiger partial charge in [0, 0.05) is 24.2 Å². The van der Waals surface area contributed by atoms with Crippen molar-refractivity contribution in [3.05, 3.63) is 28.2 Å². The number of ether oxygens (including phenoxy) is 1. The second-order valence-electron chi connectivity index (χ2n) is 4.25. The van der Waals surface area contributed by atoms with E-state index in [-0.39, 0.29) is 16.5 Å². The highest BCUT2D eigenvalue weighted by atomic mass is 79.9. The van der Waals surface area contributed by atoms with Gasteiger partial charge in [-0.1, -0.05) is 0 Å². The van der Waals surface area contributed by atoms with Gasteiger partial charge in [0.1, 0.15) is 0 Å². The number of carboxylic acid groups (broad SMARTS) is 1. The van der Waals surface area contributed by atoms with E-state index in [0.29, 0.717) is 17.5 Å². The highest BCUT2D eigenvalue weighted by molar-refractivity contribution is 9.10. The molecule has 20 heavy (non-hydrogen) atoms. The van der Waals surface area contributed by atoms with E-state index >= 15 is 0 Å². The minimum atomic E-state index is -3.75. The fourth-order valence-corrected chi connectivity index (χ4v) is 3.24. The van der Waals surface area contributed by atoms with Gasteiger partial charge in [-0.2, -0.15) is 0 Å². The summed E-state index contributed by atoms with van der Waals surface area (Å²) in [5.41, 5.74) is -0.0996. The standard InChI is InChI=1S/C12H16BrNO5S/c1-8(5-6-19-2)14-20(17,18)9-3-4-11(13)10(7-9)12(15)16/h3-4,7-8,14H,5-6H2,1-2H3,(H,15,16). The SMILES string of the molecule is COCCC(C)NS(=O)(=O)c1ccc(Br)c(C(=O)O)c1. The topological polar surface area (TPSA) is 92.7 Å². The van der Waals surface area contributed by atoms with Gasteiger partial charge in [0.05, 0.1) is 10.5 Å². The van der Waals surface area contributed by atoms with Crippen LogP contribution >= 0.6 is 15.9 Å². The number of aromatic carboxylic acids is 1. The van der Waals surface area contributed by atoms with Crippen LogP contribution in [0.25, 0.3) is 0 Å². The Hall–Kier alpha value is -0.960. The summed E-state index contributed by atoms with van der Waals surface area (Å²) in [5, 5.41) is 8.99. The quantitative estimate of drug-likeness (QED) is 0.768. The van der Waals surface area contributed by atoms with Crippen LogP contribution in [0.1, 0.15) is 23.7 Å². The summed E-state index contributed by atoms with van der Waals surface area (Å²) in [6.45, 7) is 2.15. The predicted octanol–water partition coefficient (Wildman–Crippen LogP) is 1.85. The van der Waals surface area contributed by atoms with Gasteiger partial charge in [0.15, 0.2) is 0 Å². The first-order valence-corrected chi connectivity index (χ1v) is 8.09. The third-order valence-electron chi connectivity index (χ3n) is 2.59. The summed E-state index contributed by atoms with van der Waals surface area (Å²) in [5.74, 6) is -1.19. The summed E-state index contributed by atoms with van der Waals surface area (Å²) in [7, 11) is -2.22. The fourth-order valence-electron chi connectivity index (χ4n) is 1.52. The first-order chi connectivity index (χ1) is 9.27. The number of carboxylic acids is 1. The molecule has 0 aliphatic rings. The molecule has 0 aliphatic heterocycles. The molecule has 0 aliphatic carbocycles. The maximum Gasteiger partial charge on any atom is 0.336 e. The minimum absolute atomic E-state index is 0.0811. The van der Waals surface area contributed by atoms with E-state index in [2.05, 4.69) is 20.7 Å². The average molecular weight is 366 g/mol. The number of sulfonamides is 1. The van der Waals surface area contributed by atoms with Gasteiger partial charge in [-0.05, 0) is 47.5 Å². The Morgan fingerprint density at radius 1 is 1.50 bits per heavy atom. The summed E-state index contributed by atoms with van der Waals surface area (Å²) in [4.78, 5) is 10.9. The third kappa shape index (κ3) is 4.55. The summed E-state index contributed by atoms with van der Waals surface area (Å²) < 4.78 is 32.0. The van der Waals surface area contributed by atoms with Crippen molar-refractivity contribution in [2.45, 2.75) is 24.3 Å². The molecule has 1 aromatic carbocycles. The minimum Gasteiger partial charge on any atom is -0.478 e. The molecule has 2 N–H and O–H groups in total. The molecule has 8 heteroatoms. The highest BCUT2D eigenvalue weighted by Crippen LogP contribution is 2.21. The van der Waals surface area contributed by atoms with Crippen LogP contribution in [0, 0.1) is 0 Å². The number of carbonyl (C=O) groups is 1. The molecule has 6 nitrogen and oxygen atoms in total. The molecule has 0 radical (unpaired) electrons. The van der Waals surface area contributed by atoms with Crippen LogP contribution in [0.15, 0.2) is 27.6 Å². The molecule has 112 valence electrons. The number of methoxy groups -OCH3 is 1. The first kappa shape index (κ1) is 17.1. The summed E-state index contributed by atoms with van der Waals surface area (Å²) in [6, 6.07) is 3.56. The van der Waals surface area contributed by atoms with E-state index in [9.17, 15) is 13.2 Å². The summed E-state index contributed by atoms with van der Waals surface area (Å²) in [6.07, 6.45) is 0.526. The zero-order chi connectivity index (χ0) is 15.3. The molecule has 0 saturated carbocycles. The lowest BCUT2D eigenvalue weighted by Crippen LogP contribution is -2.33. The largest absolute Gasteiger partial charge is 0.478 e. The van der Waals surface area contributed by atoms with Crippen molar-refractivity contribution < 1.29 is 23.1 Å². The highest BCUT2D eigenvalue weighted by Gasteiger charge is 2.20. The molecule has 0 spiro atoms. The van der Waals surface area contributed by atoms with Gasteiger partial charge in [0.25, 0.3) is 0 Å². The van der Waals surface area contributed by atoms with Crippen LogP contribution in [0.5, 0.6) is 0 Å². The molecule has 0 heterocycles. The molecule has 0 bridgehead atoms. The lowest BCUT2D eigenvalue weighted by atomic mass is 10.2. The molecular formula is C12H16BrNO5S. The van der Waals surface area contributed by atoms with Gasteiger partial charge >= 0.3 is 5.97 Å². The number of hydrogen-bond acceptors (Lipinski definition) is 4. The van der Waals surface area contributed by atoms with Crippen molar-refractivity contribution in [3.8, 4) is 0 Å². The Bertz CT molecular complexity index is 588. The zero-order valence-corrected chi connectivity index (χ0v) is 13.5. The van der Waals surface area contributed by atoms with Gasteiger partial charge in [-0.15, -0.1) is 0 Å². The van der Waals surface area contributed by atoms with Crippen LogP contribution in [0.3, 0.4) is 0 Å². The van der Waals surface area contributed by atoms with Gasteiger partial charge < -0.3 is 9.84 Å². The van der Waals surface area contributed by atoms with E-state index in [4.69, 9.17) is 9.84 Å². The van der Waals surface area contributed by atoms with Crippen molar-refractivity contribution in [2.75, 3.05) is 13.7 Å². The van der Waals surface area contributed by atoms with Crippen LogP contribution in [0.2, 0.25) is 0 Å². The molecule has 0 amide bonds. The number of halogens is 1. The molecule has 1 unspecified atom stereocenters. The second kappa shape index (κ2) is 7.16. The monoisotopic (exact) mass is 365 g/mol. The van der Waals surface area contributed by atoms with Gasteiger partial charge in [-0.3, -0.25) is 0 Å². The van der Waals surface area contributed by atoms with E-state index in [1.54, 1.807) is 6.92 Å². The Morgan fingerprint density at radius 3 is 2.70 bits per heavy atom. The first-order valence-electron chi connectivity index (χ1n) is 5.82. The van der Waals surface area contributed by atoms with E-state index < -0.39 is 16.0 Å². The maximum absolute atomic E-state index is 12.1. The Labute approximate surface area is 126 Å². The number of hydrogen-bond donors (Lipinski definition) is 2. The van der Waals surface area contributed by atoms with Gasteiger partial charge in [0.2, 0.25) is 10.0 Å². The predicted molar refractivity (Wildman–Crippen MR) is 77.4 cm³/mol. The number of benzene rings is 1. The lowest BCUT2D eigenvalue weighted by molar-refractivity contribution is 0.0695. The maximum atomic E-state index is 12.1. The van der Waals surface area contributed by atoms with E-state index in [1.165, 1.54) is 19.2 Å². The molecular weight excluding hydrogens is 350 g/mol. The van der Waals surface area contributed by atoms with Crippen molar-refractivity contribution >= 4 is 31.9 Å². The Balaban J connectivity index is 2.98. The molecule has 0 aromatic heterocycles. The third-order valence-corrected chi connectivity index (χ3v) is 4.87. The van der Waals surface area contributed by atoms with Gasteiger partial charge in [-0.25, -0.2) is 17.9 Å². The molecule has 0 fully saturated rings. The average Bonchev–Trinajstić information content (AvgIpc) is 2.35. The molecule has 1 rings (SSSR count). The lowest BCUT2D eigenvalue weighted by Gasteiger charge is -2.14. The molecule has 1 aromatic rings. The summed E-state index contributed by atoms with van der Waals surface area (Å²) >= 11 is 3.07. The Kier molecular flexibility index (Phi) is 6.12. The van der Waals surface area contributed by atoms with E-state index in [0.717, 1.165) is 6.07 Å². The smallest absolute Gasteiger partial charge is 0.336 e. The normalized spacial score (nSPS) is 13.2. The van der Waals surface area contributed by atoms with Crippen LogP contribution in [0.4, 0.5) is 0 Å². The zero-order valence-electron chi connectivity index (χ0n) is 11.1. The number of rotatable bonds is 7.